The van der Waals surface area contributed by atoms with Gasteiger partial charge in [-0.25, -0.2) is 22.6 Å². The van der Waals surface area contributed by atoms with Gasteiger partial charge < -0.3 is 5.11 Å². The monoisotopic (exact) mass is 402 g/mol. The minimum atomic E-state index is -3.50. The van der Waals surface area contributed by atoms with Gasteiger partial charge >= 0.3 is 6.09 Å². The fourth-order valence-corrected chi connectivity index (χ4v) is 4.00. The number of halogens is 1. The second-order valence-corrected chi connectivity index (χ2v) is 8.55. The maximum atomic E-state index is 14.0. The number of hydrogen-bond donors (Lipinski definition) is 1. The quantitative estimate of drug-likeness (QED) is 0.694. The molecule has 146 valence electrons. The van der Waals surface area contributed by atoms with Gasteiger partial charge in [-0.2, -0.15) is 0 Å². The van der Waals surface area contributed by atoms with Crippen molar-refractivity contribution in [1.29, 1.82) is 0 Å². The van der Waals surface area contributed by atoms with Gasteiger partial charge in [0.05, 0.1) is 11.3 Å². The van der Waals surface area contributed by atoms with Crippen LogP contribution in [-0.2, 0) is 15.6 Å². The van der Waals surface area contributed by atoms with E-state index in [9.17, 15) is 22.7 Å². The highest BCUT2D eigenvalue weighted by atomic mass is 32.2. The Bertz CT molecular complexity index is 1150. The zero-order valence-corrected chi connectivity index (χ0v) is 16.2. The van der Waals surface area contributed by atoms with E-state index in [0.717, 1.165) is 11.2 Å². The third-order valence-electron chi connectivity index (χ3n) is 4.31. The Labute approximate surface area is 162 Å². The number of amides is 1. The number of carbonyl (C=O) groups is 1. The minimum absolute atomic E-state index is 0.118. The van der Waals surface area contributed by atoms with Crippen molar-refractivity contribution in [1.82, 2.24) is 4.98 Å². The number of nitrogens with zero attached hydrogens (tertiary/aromatic N) is 2. The molecule has 0 atom stereocenters. The SMILES string of the molecule is CCN(C(=O)O)c1nc2ccc(F)cc2c(CS(C)(=O)=O)c1-c1ccccc1. The first kappa shape index (κ1) is 19.8. The lowest BCUT2D eigenvalue weighted by Crippen LogP contribution is -2.30. The van der Waals surface area contributed by atoms with Gasteiger partial charge in [-0.05, 0) is 36.2 Å². The van der Waals surface area contributed by atoms with Crippen molar-refractivity contribution in [2.75, 3.05) is 17.7 Å². The van der Waals surface area contributed by atoms with E-state index in [4.69, 9.17) is 0 Å². The largest absolute Gasteiger partial charge is 0.465 e. The first-order valence-corrected chi connectivity index (χ1v) is 10.6. The molecular weight excluding hydrogens is 383 g/mol. The normalized spacial score (nSPS) is 11.5. The molecular formula is C20H19FN2O4S. The molecule has 0 radical (unpaired) electrons. The first-order chi connectivity index (χ1) is 13.2. The number of pyridine rings is 1. The van der Waals surface area contributed by atoms with E-state index in [0.29, 0.717) is 27.6 Å². The summed E-state index contributed by atoms with van der Waals surface area (Å²) >= 11 is 0. The smallest absolute Gasteiger partial charge is 0.413 e. The van der Waals surface area contributed by atoms with Crippen LogP contribution in [0.25, 0.3) is 22.0 Å². The Kier molecular flexibility index (Phi) is 5.33. The summed E-state index contributed by atoms with van der Waals surface area (Å²) in [6.07, 6.45) is -0.124. The van der Waals surface area contributed by atoms with Crippen LogP contribution in [-0.4, -0.2) is 37.4 Å². The van der Waals surface area contributed by atoms with Crippen LogP contribution in [0, 0.1) is 5.82 Å². The molecule has 0 aliphatic heterocycles. The molecule has 1 aromatic heterocycles. The van der Waals surface area contributed by atoms with E-state index in [1.807, 2.05) is 0 Å². The molecule has 0 bridgehead atoms. The fourth-order valence-electron chi connectivity index (χ4n) is 3.18. The summed E-state index contributed by atoms with van der Waals surface area (Å²) < 4.78 is 38.3. The van der Waals surface area contributed by atoms with Crippen molar-refractivity contribution in [3.8, 4) is 11.1 Å². The molecule has 0 aliphatic carbocycles. The van der Waals surface area contributed by atoms with Crippen molar-refractivity contribution in [2.45, 2.75) is 12.7 Å². The molecule has 1 N–H and O–H groups in total. The summed E-state index contributed by atoms with van der Waals surface area (Å²) in [6, 6.07) is 12.7. The Balaban J connectivity index is 2.50. The van der Waals surface area contributed by atoms with Gasteiger partial charge in [0.15, 0.2) is 9.84 Å². The maximum absolute atomic E-state index is 14.0. The van der Waals surface area contributed by atoms with Crippen LogP contribution in [0.1, 0.15) is 12.5 Å². The van der Waals surface area contributed by atoms with Crippen LogP contribution in [0.2, 0.25) is 0 Å². The number of anilines is 1. The van der Waals surface area contributed by atoms with E-state index >= 15 is 0 Å². The summed E-state index contributed by atoms with van der Waals surface area (Å²) in [6.45, 7) is 1.78. The molecule has 8 heteroatoms. The van der Waals surface area contributed by atoms with Crippen molar-refractivity contribution < 1.29 is 22.7 Å². The standard InChI is InChI=1S/C20H19FN2O4S/c1-3-23(20(24)25)19-18(13-7-5-4-6-8-13)16(12-28(2,26)27)15-11-14(21)9-10-17(15)22-19/h4-11H,3,12H2,1-2H3,(H,24,25). The van der Waals surface area contributed by atoms with Crippen molar-refractivity contribution >= 4 is 32.7 Å². The van der Waals surface area contributed by atoms with Crippen LogP contribution < -0.4 is 4.90 Å². The predicted molar refractivity (Wildman–Crippen MR) is 107 cm³/mol. The highest BCUT2D eigenvalue weighted by Crippen LogP contribution is 2.38. The molecule has 1 amide bonds. The molecule has 0 spiro atoms. The van der Waals surface area contributed by atoms with Crippen LogP contribution in [0.4, 0.5) is 15.0 Å². The van der Waals surface area contributed by atoms with Gasteiger partial charge in [0, 0.05) is 23.8 Å². The Morgan fingerprint density at radius 2 is 1.86 bits per heavy atom. The van der Waals surface area contributed by atoms with Crippen molar-refractivity contribution in [3.63, 3.8) is 0 Å². The molecule has 1 heterocycles. The average molecular weight is 402 g/mol. The molecule has 0 aliphatic rings. The van der Waals surface area contributed by atoms with Crippen LogP contribution in [0.5, 0.6) is 0 Å². The first-order valence-electron chi connectivity index (χ1n) is 8.57. The number of aromatic nitrogens is 1. The third kappa shape index (κ3) is 3.96. The number of carboxylic acid groups (broad SMARTS) is 1. The molecule has 0 saturated heterocycles. The number of benzene rings is 2. The van der Waals surface area contributed by atoms with Gasteiger partial charge in [0.2, 0.25) is 0 Å². The van der Waals surface area contributed by atoms with Gasteiger partial charge in [-0.15, -0.1) is 0 Å². The molecule has 0 fully saturated rings. The average Bonchev–Trinajstić information content (AvgIpc) is 2.62. The number of fused-ring (bicyclic) bond motifs is 1. The van der Waals surface area contributed by atoms with Crippen LogP contribution >= 0.6 is 0 Å². The molecule has 0 saturated carbocycles. The number of hydrogen-bond acceptors (Lipinski definition) is 4. The Morgan fingerprint density at radius 1 is 1.18 bits per heavy atom. The van der Waals surface area contributed by atoms with Gasteiger partial charge in [-0.1, -0.05) is 30.3 Å². The summed E-state index contributed by atoms with van der Waals surface area (Å²) in [7, 11) is -3.50. The minimum Gasteiger partial charge on any atom is -0.465 e. The second kappa shape index (κ2) is 7.55. The van der Waals surface area contributed by atoms with Crippen molar-refractivity contribution in [2.24, 2.45) is 0 Å². The van der Waals surface area contributed by atoms with Crippen LogP contribution in [0.15, 0.2) is 48.5 Å². The van der Waals surface area contributed by atoms with Gasteiger partial charge in [-0.3, -0.25) is 4.90 Å². The summed E-state index contributed by atoms with van der Waals surface area (Å²) in [5.74, 6) is -0.774. The summed E-state index contributed by atoms with van der Waals surface area (Å²) in [5, 5.41) is 9.99. The second-order valence-electron chi connectivity index (χ2n) is 6.41. The van der Waals surface area contributed by atoms with Crippen LogP contribution in [0.3, 0.4) is 0 Å². The molecule has 3 rings (SSSR count). The molecule has 2 aromatic carbocycles. The number of sulfone groups is 1. The lowest BCUT2D eigenvalue weighted by Gasteiger charge is -2.23. The molecule has 28 heavy (non-hydrogen) atoms. The van der Waals surface area contributed by atoms with E-state index < -0.39 is 21.7 Å². The van der Waals surface area contributed by atoms with Gasteiger partial charge in [0.25, 0.3) is 0 Å². The van der Waals surface area contributed by atoms with Gasteiger partial charge in [0.1, 0.15) is 11.6 Å². The molecule has 6 nitrogen and oxygen atoms in total. The lowest BCUT2D eigenvalue weighted by molar-refractivity contribution is 0.202. The zero-order chi connectivity index (χ0) is 20.5. The van der Waals surface area contributed by atoms with Crippen molar-refractivity contribution in [3.05, 3.63) is 59.9 Å². The topological polar surface area (TPSA) is 87.6 Å². The summed E-state index contributed by atoms with van der Waals surface area (Å²) in [4.78, 5) is 17.3. The highest BCUT2D eigenvalue weighted by molar-refractivity contribution is 7.89. The zero-order valence-electron chi connectivity index (χ0n) is 15.4. The van der Waals surface area contributed by atoms with E-state index in [-0.39, 0.29) is 18.1 Å². The number of rotatable bonds is 5. The van der Waals surface area contributed by atoms with E-state index in [1.54, 1.807) is 37.3 Å². The lowest BCUT2D eigenvalue weighted by atomic mass is 9.97. The van der Waals surface area contributed by atoms with E-state index in [2.05, 4.69) is 4.98 Å². The van der Waals surface area contributed by atoms with E-state index in [1.165, 1.54) is 18.2 Å². The molecule has 0 unspecified atom stereocenters. The maximum Gasteiger partial charge on any atom is 0.413 e. The molecule has 3 aromatic rings. The Hall–Kier alpha value is -3.00. The third-order valence-corrected chi connectivity index (χ3v) is 5.12. The fraction of sp³-hybridized carbons (Fsp3) is 0.200. The predicted octanol–water partition coefficient (Wildman–Crippen LogP) is 4.09. The Morgan fingerprint density at radius 3 is 2.43 bits per heavy atom. The highest BCUT2D eigenvalue weighted by Gasteiger charge is 2.25. The summed E-state index contributed by atoms with van der Waals surface area (Å²) in [5.41, 5.74) is 1.63.